The van der Waals surface area contributed by atoms with Crippen LogP contribution in [0.25, 0.3) is 5.57 Å². The van der Waals surface area contributed by atoms with E-state index in [4.69, 9.17) is 0 Å². The summed E-state index contributed by atoms with van der Waals surface area (Å²) in [5.41, 5.74) is 3.96. The third kappa shape index (κ3) is 3.21. The lowest BCUT2D eigenvalue weighted by Crippen LogP contribution is -1.82. The van der Waals surface area contributed by atoms with Gasteiger partial charge in [0.15, 0.2) is 0 Å². The molecule has 0 saturated carbocycles. The third-order valence-corrected chi connectivity index (χ3v) is 2.22. The van der Waals surface area contributed by atoms with E-state index in [1.165, 1.54) is 16.7 Å². The van der Waals surface area contributed by atoms with Crippen LogP contribution in [0.1, 0.15) is 32.3 Å². The number of hydrogen-bond acceptors (Lipinski definition) is 0. The standard InChI is InChI=1S/C14H18/c1-4-13(11-10-12(2)3)14-8-6-5-7-9-14/h5-9,11H,2,4,10H2,1,3H3/b13-11+. The van der Waals surface area contributed by atoms with Gasteiger partial charge in [-0.1, -0.05) is 55.5 Å². The second-order valence-corrected chi connectivity index (χ2v) is 3.61. The molecule has 0 amide bonds. The van der Waals surface area contributed by atoms with Gasteiger partial charge in [-0.3, -0.25) is 0 Å². The zero-order chi connectivity index (χ0) is 10.4. The quantitative estimate of drug-likeness (QED) is 0.609. The van der Waals surface area contributed by atoms with E-state index in [2.05, 4.69) is 56.8 Å². The first-order valence-corrected chi connectivity index (χ1v) is 5.13. The lowest BCUT2D eigenvalue weighted by atomic mass is 10.0. The Morgan fingerprint density at radius 2 is 1.93 bits per heavy atom. The summed E-state index contributed by atoms with van der Waals surface area (Å²) < 4.78 is 0. The SMILES string of the molecule is C=C(C)C/C=C(\CC)c1ccccc1. The van der Waals surface area contributed by atoms with E-state index in [1.54, 1.807) is 0 Å². The molecule has 0 aromatic heterocycles. The first-order chi connectivity index (χ1) is 6.74. The molecule has 0 bridgehead atoms. The maximum absolute atomic E-state index is 3.91. The Morgan fingerprint density at radius 3 is 2.43 bits per heavy atom. The van der Waals surface area contributed by atoms with Gasteiger partial charge in [-0.05, 0) is 30.9 Å². The van der Waals surface area contributed by atoms with Crippen LogP contribution in [-0.4, -0.2) is 0 Å². The van der Waals surface area contributed by atoms with Crippen molar-refractivity contribution in [2.24, 2.45) is 0 Å². The van der Waals surface area contributed by atoms with E-state index in [0.29, 0.717) is 0 Å². The summed E-state index contributed by atoms with van der Waals surface area (Å²) in [6.45, 7) is 8.17. The largest absolute Gasteiger partial charge is 0.0998 e. The van der Waals surface area contributed by atoms with Gasteiger partial charge in [-0.25, -0.2) is 0 Å². The molecule has 0 saturated heterocycles. The monoisotopic (exact) mass is 186 g/mol. The topological polar surface area (TPSA) is 0 Å². The molecule has 1 aromatic rings. The minimum atomic E-state index is 0.984. The summed E-state index contributed by atoms with van der Waals surface area (Å²) in [7, 11) is 0. The predicted molar refractivity (Wildman–Crippen MR) is 64.1 cm³/mol. The summed E-state index contributed by atoms with van der Waals surface area (Å²) >= 11 is 0. The van der Waals surface area contributed by atoms with Gasteiger partial charge in [0.1, 0.15) is 0 Å². The van der Waals surface area contributed by atoms with Gasteiger partial charge >= 0.3 is 0 Å². The molecule has 14 heavy (non-hydrogen) atoms. The van der Waals surface area contributed by atoms with Gasteiger partial charge in [0, 0.05) is 0 Å². The Hall–Kier alpha value is -1.30. The summed E-state index contributed by atoms with van der Waals surface area (Å²) in [5, 5.41) is 0. The van der Waals surface area contributed by atoms with Crippen molar-refractivity contribution in [3.63, 3.8) is 0 Å². The van der Waals surface area contributed by atoms with Crippen molar-refractivity contribution in [3.05, 3.63) is 54.1 Å². The van der Waals surface area contributed by atoms with Crippen LogP contribution in [0.2, 0.25) is 0 Å². The van der Waals surface area contributed by atoms with Crippen molar-refractivity contribution >= 4 is 5.57 Å². The van der Waals surface area contributed by atoms with Crippen molar-refractivity contribution in [1.82, 2.24) is 0 Å². The summed E-state index contributed by atoms with van der Waals surface area (Å²) in [6, 6.07) is 10.5. The second kappa shape index (κ2) is 5.43. The van der Waals surface area contributed by atoms with Crippen molar-refractivity contribution < 1.29 is 0 Å². The maximum Gasteiger partial charge on any atom is -0.0138 e. The van der Waals surface area contributed by atoms with Crippen LogP contribution in [0.3, 0.4) is 0 Å². The van der Waals surface area contributed by atoms with Crippen LogP contribution >= 0.6 is 0 Å². The van der Waals surface area contributed by atoms with Crippen LogP contribution < -0.4 is 0 Å². The van der Waals surface area contributed by atoms with Gasteiger partial charge in [-0.15, -0.1) is 0 Å². The zero-order valence-corrected chi connectivity index (χ0v) is 9.09. The van der Waals surface area contributed by atoms with Crippen LogP contribution in [0, 0.1) is 0 Å². The molecule has 1 aromatic carbocycles. The fourth-order valence-electron chi connectivity index (χ4n) is 1.42. The van der Waals surface area contributed by atoms with Gasteiger partial charge in [0.25, 0.3) is 0 Å². The van der Waals surface area contributed by atoms with Crippen molar-refractivity contribution in [3.8, 4) is 0 Å². The molecule has 0 aliphatic rings. The molecule has 0 radical (unpaired) electrons. The highest BCUT2D eigenvalue weighted by molar-refractivity contribution is 5.65. The van der Waals surface area contributed by atoms with E-state index in [0.717, 1.165) is 12.8 Å². The Morgan fingerprint density at radius 1 is 1.29 bits per heavy atom. The smallest absolute Gasteiger partial charge is 0.0138 e. The maximum atomic E-state index is 3.91. The molecule has 0 unspecified atom stereocenters. The van der Waals surface area contributed by atoms with E-state index < -0.39 is 0 Å². The Labute approximate surface area is 87.0 Å². The second-order valence-electron chi connectivity index (χ2n) is 3.61. The lowest BCUT2D eigenvalue weighted by Gasteiger charge is -2.04. The van der Waals surface area contributed by atoms with Crippen molar-refractivity contribution in [1.29, 1.82) is 0 Å². The van der Waals surface area contributed by atoms with Crippen LogP contribution in [0.4, 0.5) is 0 Å². The van der Waals surface area contributed by atoms with Crippen molar-refractivity contribution in [2.45, 2.75) is 26.7 Å². The molecule has 0 aliphatic carbocycles. The zero-order valence-electron chi connectivity index (χ0n) is 9.09. The van der Waals surface area contributed by atoms with E-state index in [-0.39, 0.29) is 0 Å². The molecule has 0 fully saturated rings. The number of hydrogen-bond donors (Lipinski definition) is 0. The molecule has 0 heteroatoms. The highest BCUT2D eigenvalue weighted by Crippen LogP contribution is 2.18. The average molecular weight is 186 g/mol. The van der Waals surface area contributed by atoms with E-state index in [9.17, 15) is 0 Å². The molecule has 1 rings (SSSR count). The summed E-state index contributed by atoms with van der Waals surface area (Å²) in [4.78, 5) is 0. The molecular weight excluding hydrogens is 168 g/mol. The molecule has 0 nitrogen and oxygen atoms in total. The van der Waals surface area contributed by atoms with Crippen molar-refractivity contribution in [2.75, 3.05) is 0 Å². The minimum Gasteiger partial charge on any atom is -0.0998 e. The third-order valence-electron chi connectivity index (χ3n) is 2.22. The fourth-order valence-corrected chi connectivity index (χ4v) is 1.42. The van der Waals surface area contributed by atoms with Crippen LogP contribution in [0.15, 0.2) is 48.6 Å². The lowest BCUT2D eigenvalue weighted by molar-refractivity contribution is 1.18. The molecular formula is C14H18. The normalized spacial score (nSPS) is 11.4. The molecule has 0 spiro atoms. The summed E-state index contributed by atoms with van der Waals surface area (Å²) in [5.74, 6) is 0. The number of allylic oxidation sites excluding steroid dienone is 3. The predicted octanol–water partition coefficient (Wildman–Crippen LogP) is 4.45. The first kappa shape index (κ1) is 10.8. The summed E-state index contributed by atoms with van der Waals surface area (Å²) in [6.07, 6.45) is 4.34. The Bertz CT molecular complexity index is 317. The first-order valence-electron chi connectivity index (χ1n) is 5.13. The van der Waals surface area contributed by atoms with Crippen LogP contribution in [-0.2, 0) is 0 Å². The molecule has 0 aliphatic heterocycles. The fraction of sp³-hybridized carbons (Fsp3) is 0.286. The molecule has 0 N–H and O–H groups in total. The highest BCUT2D eigenvalue weighted by atomic mass is 14.0. The molecule has 74 valence electrons. The highest BCUT2D eigenvalue weighted by Gasteiger charge is 1.96. The van der Waals surface area contributed by atoms with Gasteiger partial charge in [0.2, 0.25) is 0 Å². The minimum absolute atomic E-state index is 0.984. The van der Waals surface area contributed by atoms with E-state index in [1.807, 2.05) is 0 Å². The number of rotatable bonds is 4. The average Bonchev–Trinajstić information content (AvgIpc) is 2.20. The Balaban J connectivity index is 2.82. The Kier molecular flexibility index (Phi) is 4.18. The molecule has 0 heterocycles. The van der Waals surface area contributed by atoms with Gasteiger partial charge < -0.3 is 0 Å². The van der Waals surface area contributed by atoms with Crippen LogP contribution in [0.5, 0.6) is 0 Å². The van der Waals surface area contributed by atoms with Gasteiger partial charge in [0.05, 0.1) is 0 Å². The van der Waals surface area contributed by atoms with Gasteiger partial charge in [-0.2, -0.15) is 0 Å². The van der Waals surface area contributed by atoms with E-state index >= 15 is 0 Å². The molecule has 0 atom stereocenters. The number of benzene rings is 1.